The predicted octanol–water partition coefficient (Wildman–Crippen LogP) is 4.44. The topological polar surface area (TPSA) is 41.1 Å². The lowest BCUT2D eigenvalue weighted by Gasteiger charge is -2.17. The first-order valence-corrected chi connectivity index (χ1v) is 8.23. The van der Waals surface area contributed by atoms with Crippen molar-refractivity contribution in [1.82, 2.24) is 5.32 Å². The maximum absolute atomic E-state index is 12.1. The number of rotatable bonds is 6. The minimum Gasteiger partial charge on any atom is -0.325 e. The number of nitrogens with one attached hydrogen (secondary N) is 2. The zero-order valence-electron chi connectivity index (χ0n) is 12.9. The van der Waals surface area contributed by atoms with Crippen molar-refractivity contribution in [3.8, 4) is 0 Å². The molecule has 0 radical (unpaired) electrons. The van der Waals surface area contributed by atoms with Crippen LogP contribution in [-0.4, -0.2) is 12.5 Å². The molecule has 0 saturated carbocycles. The second-order valence-corrected chi connectivity index (χ2v) is 6.17. The molecule has 0 heterocycles. The van der Waals surface area contributed by atoms with Crippen molar-refractivity contribution >= 4 is 27.5 Å². The Morgan fingerprint density at radius 2 is 1.82 bits per heavy atom. The molecule has 0 unspecified atom stereocenters. The summed E-state index contributed by atoms with van der Waals surface area (Å²) in [5.74, 6) is -0.0233. The smallest absolute Gasteiger partial charge is 0.238 e. The number of halogens is 1. The van der Waals surface area contributed by atoms with E-state index in [0.29, 0.717) is 6.54 Å². The van der Waals surface area contributed by atoms with E-state index in [1.807, 2.05) is 43.3 Å². The summed E-state index contributed by atoms with van der Waals surface area (Å²) in [6.45, 7) is 4.39. The number of carbonyl (C=O) groups excluding carboxylic acids is 1. The van der Waals surface area contributed by atoms with Gasteiger partial charge in [0.2, 0.25) is 5.91 Å². The summed E-state index contributed by atoms with van der Waals surface area (Å²) >= 11 is 3.44. The van der Waals surface area contributed by atoms with Gasteiger partial charge in [0.25, 0.3) is 0 Å². The van der Waals surface area contributed by atoms with Crippen LogP contribution in [0.25, 0.3) is 0 Å². The highest BCUT2D eigenvalue weighted by atomic mass is 79.9. The lowest BCUT2D eigenvalue weighted by molar-refractivity contribution is -0.115. The number of anilines is 1. The predicted molar refractivity (Wildman–Crippen MR) is 95.0 cm³/mol. The Labute approximate surface area is 140 Å². The lowest BCUT2D eigenvalue weighted by Crippen LogP contribution is -2.31. The molecule has 116 valence electrons. The van der Waals surface area contributed by atoms with Crippen molar-refractivity contribution < 1.29 is 4.79 Å². The van der Waals surface area contributed by atoms with Gasteiger partial charge in [-0.3, -0.25) is 4.79 Å². The summed E-state index contributed by atoms with van der Waals surface area (Å²) in [7, 11) is 0. The molecule has 0 aliphatic rings. The third-order valence-electron chi connectivity index (χ3n) is 3.61. The van der Waals surface area contributed by atoms with Gasteiger partial charge in [-0.2, -0.15) is 0 Å². The fourth-order valence-electron chi connectivity index (χ4n) is 2.32. The second kappa shape index (κ2) is 8.11. The Hall–Kier alpha value is -1.65. The third kappa shape index (κ3) is 4.68. The molecule has 0 saturated heterocycles. The van der Waals surface area contributed by atoms with Gasteiger partial charge in [0.05, 0.1) is 6.54 Å². The standard InChI is InChI=1S/C18H21BrN2O/c1-3-16(14-8-10-15(19)11-9-14)20-12-18(22)21-17-7-5-4-6-13(17)2/h4-11,16,20H,3,12H2,1-2H3,(H,21,22)/t16-/m1/s1. The largest absolute Gasteiger partial charge is 0.325 e. The van der Waals surface area contributed by atoms with Gasteiger partial charge in [0.15, 0.2) is 0 Å². The molecular weight excluding hydrogens is 340 g/mol. The van der Waals surface area contributed by atoms with Gasteiger partial charge in [0, 0.05) is 16.2 Å². The highest BCUT2D eigenvalue weighted by molar-refractivity contribution is 9.10. The minimum atomic E-state index is -0.0233. The van der Waals surface area contributed by atoms with Crippen molar-refractivity contribution in [2.24, 2.45) is 0 Å². The number of hydrogen-bond donors (Lipinski definition) is 2. The van der Waals surface area contributed by atoms with E-state index in [4.69, 9.17) is 0 Å². The Morgan fingerprint density at radius 3 is 2.45 bits per heavy atom. The van der Waals surface area contributed by atoms with Crippen molar-refractivity contribution in [2.45, 2.75) is 26.3 Å². The average molecular weight is 361 g/mol. The fraction of sp³-hybridized carbons (Fsp3) is 0.278. The van der Waals surface area contributed by atoms with Crippen molar-refractivity contribution in [3.63, 3.8) is 0 Å². The number of amides is 1. The summed E-state index contributed by atoms with van der Waals surface area (Å²) < 4.78 is 1.06. The molecule has 2 N–H and O–H groups in total. The molecule has 2 rings (SSSR count). The van der Waals surface area contributed by atoms with Crippen molar-refractivity contribution in [1.29, 1.82) is 0 Å². The quantitative estimate of drug-likeness (QED) is 0.799. The molecule has 0 fully saturated rings. The number of benzene rings is 2. The van der Waals surface area contributed by atoms with Crippen molar-refractivity contribution in [2.75, 3.05) is 11.9 Å². The van der Waals surface area contributed by atoms with Crippen LogP contribution in [0.15, 0.2) is 53.0 Å². The first kappa shape index (κ1) is 16.7. The van der Waals surface area contributed by atoms with E-state index in [1.54, 1.807) is 0 Å². The van der Waals surface area contributed by atoms with E-state index in [0.717, 1.165) is 22.1 Å². The Balaban J connectivity index is 1.91. The maximum Gasteiger partial charge on any atom is 0.238 e. The molecule has 1 atom stereocenters. The van der Waals surface area contributed by atoms with Gasteiger partial charge >= 0.3 is 0 Å². The Bertz CT molecular complexity index is 625. The number of carbonyl (C=O) groups is 1. The van der Waals surface area contributed by atoms with Crippen LogP contribution >= 0.6 is 15.9 Å². The lowest BCUT2D eigenvalue weighted by atomic mass is 10.0. The van der Waals surface area contributed by atoms with Crippen LogP contribution in [0.1, 0.15) is 30.5 Å². The van der Waals surface area contributed by atoms with E-state index in [1.165, 1.54) is 5.56 Å². The Morgan fingerprint density at radius 1 is 1.14 bits per heavy atom. The van der Waals surface area contributed by atoms with E-state index in [9.17, 15) is 4.79 Å². The summed E-state index contributed by atoms with van der Waals surface area (Å²) in [6.07, 6.45) is 0.930. The molecule has 2 aromatic carbocycles. The monoisotopic (exact) mass is 360 g/mol. The van der Waals surface area contributed by atoms with E-state index >= 15 is 0 Å². The average Bonchev–Trinajstić information content (AvgIpc) is 2.52. The van der Waals surface area contributed by atoms with Gasteiger partial charge in [-0.15, -0.1) is 0 Å². The number of hydrogen-bond acceptors (Lipinski definition) is 2. The highest BCUT2D eigenvalue weighted by Crippen LogP contribution is 2.19. The molecule has 0 aliphatic carbocycles. The summed E-state index contributed by atoms with van der Waals surface area (Å²) in [5.41, 5.74) is 3.12. The van der Waals surface area contributed by atoms with Crippen LogP contribution < -0.4 is 10.6 Å². The van der Waals surface area contributed by atoms with E-state index in [2.05, 4.69) is 45.6 Å². The first-order chi connectivity index (χ1) is 10.6. The summed E-state index contributed by atoms with van der Waals surface area (Å²) in [4.78, 5) is 12.1. The summed E-state index contributed by atoms with van der Waals surface area (Å²) in [6, 6.07) is 16.2. The van der Waals surface area contributed by atoms with Gasteiger partial charge in [0.1, 0.15) is 0 Å². The molecule has 0 spiro atoms. The van der Waals surface area contributed by atoms with E-state index < -0.39 is 0 Å². The SMILES string of the molecule is CC[C@@H](NCC(=O)Nc1ccccc1C)c1ccc(Br)cc1. The normalized spacial score (nSPS) is 12.0. The van der Waals surface area contributed by atoms with E-state index in [-0.39, 0.29) is 11.9 Å². The zero-order valence-corrected chi connectivity index (χ0v) is 14.5. The molecule has 3 nitrogen and oxygen atoms in total. The van der Waals surface area contributed by atoms with Crippen LogP contribution in [0.3, 0.4) is 0 Å². The molecular formula is C18H21BrN2O. The molecule has 0 bridgehead atoms. The molecule has 1 amide bonds. The second-order valence-electron chi connectivity index (χ2n) is 5.26. The van der Waals surface area contributed by atoms with Crippen molar-refractivity contribution in [3.05, 3.63) is 64.1 Å². The summed E-state index contributed by atoms with van der Waals surface area (Å²) in [5, 5.41) is 6.26. The van der Waals surface area contributed by atoms with Crippen LogP contribution in [0.5, 0.6) is 0 Å². The number of para-hydroxylation sites is 1. The molecule has 4 heteroatoms. The Kier molecular flexibility index (Phi) is 6.16. The third-order valence-corrected chi connectivity index (χ3v) is 4.14. The van der Waals surface area contributed by atoms with Gasteiger partial charge in [-0.1, -0.05) is 53.2 Å². The molecule has 0 aromatic heterocycles. The molecule has 0 aliphatic heterocycles. The van der Waals surface area contributed by atoms with Crippen LogP contribution in [0.2, 0.25) is 0 Å². The minimum absolute atomic E-state index is 0.0233. The van der Waals surface area contributed by atoms with Gasteiger partial charge in [-0.05, 0) is 42.7 Å². The van der Waals surface area contributed by atoms with Gasteiger partial charge < -0.3 is 10.6 Å². The maximum atomic E-state index is 12.1. The van der Waals surface area contributed by atoms with Crippen LogP contribution in [0, 0.1) is 6.92 Å². The van der Waals surface area contributed by atoms with Crippen LogP contribution in [0.4, 0.5) is 5.69 Å². The molecule has 22 heavy (non-hydrogen) atoms. The first-order valence-electron chi connectivity index (χ1n) is 7.44. The number of aryl methyl sites for hydroxylation is 1. The molecule has 2 aromatic rings. The van der Waals surface area contributed by atoms with Gasteiger partial charge in [-0.25, -0.2) is 0 Å². The van der Waals surface area contributed by atoms with Crippen LogP contribution in [-0.2, 0) is 4.79 Å². The fourth-order valence-corrected chi connectivity index (χ4v) is 2.58. The highest BCUT2D eigenvalue weighted by Gasteiger charge is 2.11. The zero-order chi connectivity index (χ0) is 15.9.